The van der Waals surface area contributed by atoms with Crippen molar-refractivity contribution in [3.05, 3.63) is 205 Å². The predicted molar refractivity (Wildman–Crippen MR) is 316 cm³/mol. The lowest BCUT2D eigenvalue weighted by atomic mass is 9.62. The van der Waals surface area contributed by atoms with Crippen LogP contribution in [0, 0.1) is 22.7 Å². The zero-order valence-corrected chi connectivity index (χ0v) is 44.9. The first-order chi connectivity index (χ1) is 35.7. The van der Waals surface area contributed by atoms with E-state index in [0.29, 0.717) is 23.7 Å². The van der Waals surface area contributed by atoms with Crippen LogP contribution in [0.2, 0.25) is 0 Å². The molecule has 2 heteroatoms. The molecule has 2 aliphatic heterocycles. The van der Waals surface area contributed by atoms with Gasteiger partial charge >= 0.3 is 0 Å². The molecule has 6 atom stereocenters. The zero-order chi connectivity index (χ0) is 50.7. The van der Waals surface area contributed by atoms with Gasteiger partial charge in [-0.3, -0.25) is 0 Å². The lowest BCUT2D eigenvalue weighted by molar-refractivity contribution is 0.127. The minimum Gasteiger partial charge on any atom is -0.335 e. The highest BCUT2D eigenvalue weighted by Gasteiger charge is 2.54. The number of fused-ring (bicyclic) bond motifs is 8. The van der Waals surface area contributed by atoms with E-state index in [2.05, 4.69) is 259 Å². The first-order valence-corrected chi connectivity index (χ1v) is 27.8. The molecule has 74 heavy (non-hydrogen) atoms. The summed E-state index contributed by atoms with van der Waals surface area (Å²) in [6.07, 6.45) is 7.29. The van der Waals surface area contributed by atoms with Crippen LogP contribution >= 0.6 is 0 Å². The molecule has 0 spiro atoms. The van der Waals surface area contributed by atoms with Crippen molar-refractivity contribution in [2.45, 2.75) is 117 Å². The van der Waals surface area contributed by atoms with Gasteiger partial charge < -0.3 is 9.80 Å². The van der Waals surface area contributed by atoms with Crippen molar-refractivity contribution < 1.29 is 0 Å². The molecule has 370 valence electrons. The molecular formula is C72H72N2. The van der Waals surface area contributed by atoms with Crippen molar-refractivity contribution in [2.24, 2.45) is 22.7 Å². The van der Waals surface area contributed by atoms with Crippen molar-refractivity contribution in [1.29, 1.82) is 0 Å². The quantitative estimate of drug-likeness (QED) is 0.153. The first-order valence-electron chi connectivity index (χ1n) is 27.8. The molecule has 9 aromatic rings. The van der Waals surface area contributed by atoms with E-state index >= 15 is 0 Å². The Bertz CT molecular complexity index is 3340. The van der Waals surface area contributed by atoms with Gasteiger partial charge in [-0.25, -0.2) is 0 Å². The molecule has 2 aliphatic carbocycles. The van der Waals surface area contributed by atoms with Crippen LogP contribution < -0.4 is 9.80 Å². The van der Waals surface area contributed by atoms with E-state index in [1.165, 1.54) is 138 Å². The Balaban J connectivity index is 0.984. The van der Waals surface area contributed by atoms with Crippen molar-refractivity contribution in [1.82, 2.24) is 0 Å². The van der Waals surface area contributed by atoms with Crippen LogP contribution in [0.15, 0.2) is 194 Å². The molecule has 13 rings (SSSR count). The number of rotatable bonds is 6. The Hall–Kier alpha value is -6.90. The van der Waals surface area contributed by atoms with Crippen molar-refractivity contribution in [2.75, 3.05) is 9.80 Å². The van der Waals surface area contributed by atoms with Crippen molar-refractivity contribution >= 4 is 44.3 Å². The summed E-state index contributed by atoms with van der Waals surface area (Å²) in [6.45, 7) is 19.8. The summed E-state index contributed by atoms with van der Waals surface area (Å²) >= 11 is 0. The number of nitrogens with zero attached hydrogens (tertiary/aromatic N) is 2. The van der Waals surface area contributed by atoms with Gasteiger partial charge in [0, 0.05) is 45.7 Å². The Morgan fingerprint density at radius 1 is 0.365 bits per heavy atom. The van der Waals surface area contributed by atoms with Crippen LogP contribution in [0.5, 0.6) is 0 Å². The van der Waals surface area contributed by atoms with E-state index in [9.17, 15) is 0 Å². The molecule has 9 aromatic carbocycles. The number of para-hydroxylation sites is 2. The Kier molecular flexibility index (Phi) is 11.0. The smallest absolute Gasteiger partial charge is 0.0492 e. The lowest BCUT2D eigenvalue weighted by Crippen LogP contribution is -2.48. The molecule has 0 radical (unpaired) electrons. The monoisotopic (exact) mass is 965 g/mol. The van der Waals surface area contributed by atoms with E-state index < -0.39 is 0 Å². The van der Waals surface area contributed by atoms with Gasteiger partial charge in [-0.15, -0.1) is 0 Å². The van der Waals surface area contributed by atoms with Crippen LogP contribution in [0.1, 0.15) is 117 Å². The topological polar surface area (TPSA) is 6.48 Å². The first kappa shape index (κ1) is 46.9. The summed E-state index contributed by atoms with van der Waals surface area (Å²) in [5, 5.41) is 5.15. The van der Waals surface area contributed by atoms with Gasteiger partial charge in [-0.1, -0.05) is 175 Å². The summed E-state index contributed by atoms with van der Waals surface area (Å²) in [7, 11) is 0. The van der Waals surface area contributed by atoms with Crippen LogP contribution in [-0.2, 0) is 0 Å². The second-order valence-electron chi connectivity index (χ2n) is 25.4. The summed E-state index contributed by atoms with van der Waals surface area (Å²) in [5.41, 5.74) is 19.1. The molecular weight excluding hydrogens is 893 g/mol. The highest BCUT2D eigenvalue weighted by Crippen LogP contribution is 2.63. The van der Waals surface area contributed by atoms with E-state index in [0.717, 1.165) is 0 Å². The highest BCUT2D eigenvalue weighted by molar-refractivity contribution is 6.22. The summed E-state index contributed by atoms with van der Waals surface area (Å²) in [6, 6.07) is 74.3. The molecule has 0 amide bonds. The average molecular weight is 965 g/mol. The fraction of sp³-hybridized carbons (Fsp3) is 0.306. The maximum Gasteiger partial charge on any atom is 0.0492 e. The molecule has 4 aliphatic rings. The molecule has 2 nitrogen and oxygen atoms in total. The van der Waals surface area contributed by atoms with E-state index in [-0.39, 0.29) is 21.9 Å². The molecule has 2 saturated carbocycles. The van der Waals surface area contributed by atoms with Gasteiger partial charge in [-0.2, -0.15) is 0 Å². The molecule has 0 saturated heterocycles. The second-order valence-corrected chi connectivity index (χ2v) is 25.4. The zero-order valence-electron chi connectivity index (χ0n) is 44.9. The fourth-order valence-electron chi connectivity index (χ4n) is 15.1. The minimum absolute atomic E-state index is 0.0182. The maximum atomic E-state index is 2.70. The summed E-state index contributed by atoms with van der Waals surface area (Å²) in [5.74, 6) is 2.24. The highest BCUT2D eigenvalue weighted by atomic mass is 15.2. The third-order valence-electron chi connectivity index (χ3n) is 19.2. The SMILES string of the molecule is CC(C)(C)C1CCC2(C)C(C1)c1cc(-c3ccc4c(-c5ccccc5)c5cc(-c6ccc7c(c6)C6CC(C(C)(C)C)CCC6(C)N7c6ccccc6)ccc5c(-c5ccccc5)c4c3)ccc1N2c1ccccc1. The third-order valence-corrected chi connectivity index (χ3v) is 19.2. The van der Waals surface area contributed by atoms with Gasteiger partial charge in [0.2, 0.25) is 0 Å². The summed E-state index contributed by atoms with van der Waals surface area (Å²) in [4.78, 5) is 5.40. The predicted octanol–water partition coefficient (Wildman–Crippen LogP) is 20.3. The van der Waals surface area contributed by atoms with Gasteiger partial charge in [0.05, 0.1) is 0 Å². The largest absolute Gasteiger partial charge is 0.335 e. The molecule has 0 N–H and O–H groups in total. The van der Waals surface area contributed by atoms with Crippen LogP contribution in [-0.4, -0.2) is 11.1 Å². The Morgan fingerprint density at radius 3 is 1.07 bits per heavy atom. The van der Waals surface area contributed by atoms with Gasteiger partial charge in [0.15, 0.2) is 0 Å². The molecule has 0 bridgehead atoms. The summed E-state index contributed by atoms with van der Waals surface area (Å²) < 4.78 is 0. The minimum atomic E-state index is 0.0182. The van der Waals surface area contributed by atoms with Crippen molar-refractivity contribution in [3.63, 3.8) is 0 Å². The third kappa shape index (κ3) is 7.48. The lowest BCUT2D eigenvalue weighted by Gasteiger charge is -2.49. The maximum absolute atomic E-state index is 2.70. The molecule has 6 unspecified atom stereocenters. The Labute approximate surface area is 441 Å². The van der Waals surface area contributed by atoms with E-state index in [1.54, 1.807) is 0 Å². The van der Waals surface area contributed by atoms with Crippen LogP contribution in [0.3, 0.4) is 0 Å². The van der Waals surface area contributed by atoms with Gasteiger partial charge in [0.1, 0.15) is 0 Å². The molecule has 2 fully saturated rings. The van der Waals surface area contributed by atoms with E-state index in [1.807, 2.05) is 0 Å². The van der Waals surface area contributed by atoms with Crippen molar-refractivity contribution in [3.8, 4) is 44.5 Å². The molecule has 0 aromatic heterocycles. The fourth-order valence-corrected chi connectivity index (χ4v) is 15.1. The number of benzene rings is 9. The second kappa shape index (κ2) is 17.3. The van der Waals surface area contributed by atoms with Gasteiger partial charge in [-0.05, 0) is 213 Å². The Morgan fingerprint density at radius 2 is 0.703 bits per heavy atom. The standard InChI is InChI=1S/C72H72N2/c1-69(2,3)53-37-39-71(7)63(45-53)61-43-51(31-35-65(61)73(71)55-25-17-11-18-26-55)49-29-33-57-59(41-49)67(47-21-13-9-14-22-47)58-34-30-50(42-60(58)68(57)48-23-15-10-16-24-48)52-32-36-66-62(44-52)64-46-54(70(4,5)6)38-40-72(64,8)74(66)56-27-19-12-20-28-56/h9-36,41-44,53-54,63-64H,37-40,45-46H2,1-8H3. The van der Waals surface area contributed by atoms with Crippen LogP contribution in [0.25, 0.3) is 66.1 Å². The number of hydrogen-bond acceptors (Lipinski definition) is 2. The van der Waals surface area contributed by atoms with Crippen LogP contribution in [0.4, 0.5) is 22.7 Å². The molecule has 2 heterocycles. The average Bonchev–Trinajstić information content (AvgIpc) is 3.83. The van der Waals surface area contributed by atoms with E-state index in [4.69, 9.17) is 0 Å². The normalized spacial score (nSPS) is 23.4. The number of hydrogen-bond donors (Lipinski definition) is 0. The number of anilines is 4. The van der Waals surface area contributed by atoms with Gasteiger partial charge in [0.25, 0.3) is 0 Å².